The van der Waals surface area contributed by atoms with Crippen molar-refractivity contribution in [3.8, 4) is 0 Å². The van der Waals surface area contributed by atoms with Crippen LogP contribution < -0.4 is 5.73 Å². The minimum absolute atomic E-state index is 0.0680. The number of hydrogen-bond donors (Lipinski definition) is 1. The molecule has 0 bridgehead atoms. The Morgan fingerprint density at radius 3 is 3.10 bits per heavy atom. The van der Waals surface area contributed by atoms with E-state index in [1.807, 2.05) is 24.4 Å². The van der Waals surface area contributed by atoms with Crippen molar-refractivity contribution in [2.75, 3.05) is 0 Å². The number of aryl methyl sites for hydroxylation is 1. The number of thiophene rings is 1. The molecule has 2 N–H and O–H groups in total. The number of nitrogens with two attached hydrogens (primary N) is 1. The van der Waals surface area contributed by atoms with Gasteiger partial charge in [-0.05, 0) is 54.1 Å². The average Bonchev–Trinajstić information content (AvgIpc) is 3.09. The van der Waals surface area contributed by atoms with Crippen LogP contribution in [-0.4, -0.2) is 4.98 Å². The lowest BCUT2D eigenvalue weighted by Gasteiger charge is -2.18. The molecule has 4 rings (SSSR count). The van der Waals surface area contributed by atoms with E-state index in [-0.39, 0.29) is 17.8 Å². The van der Waals surface area contributed by atoms with E-state index in [4.69, 9.17) is 5.73 Å². The Bertz CT molecular complexity index is 811. The molecular weight excluding hydrogens is 283 g/mol. The van der Waals surface area contributed by atoms with Crippen molar-refractivity contribution in [1.29, 1.82) is 0 Å². The molecule has 106 valence electrons. The highest BCUT2D eigenvalue weighted by Gasteiger charge is 2.30. The van der Waals surface area contributed by atoms with Gasteiger partial charge in [0.05, 0.1) is 0 Å². The lowest BCUT2D eigenvalue weighted by atomic mass is 9.96. The molecule has 1 aliphatic rings. The van der Waals surface area contributed by atoms with Crippen LogP contribution in [0.2, 0.25) is 0 Å². The average molecular weight is 298 g/mol. The molecule has 2 aromatic heterocycles. The Kier molecular flexibility index (Phi) is 3.01. The van der Waals surface area contributed by atoms with Gasteiger partial charge in [0.15, 0.2) is 0 Å². The molecule has 0 fully saturated rings. The third kappa shape index (κ3) is 2.15. The number of nitrogens with zero attached hydrogens (tertiary/aromatic N) is 1. The second-order valence-electron chi connectivity index (χ2n) is 5.55. The Morgan fingerprint density at radius 1 is 1.29 bits per heavy atom. The maximum absolute atomic E-state index is 13.3. The summed E-state index contributed by atoms with van der Waals surface area (Å²) in [5.74, 6) is 0.0624. The molecule has 2 unspecified atom stereocenters. The molecule has 2 nitrogen and oxygen atoms in total. The minimum atomic E-state index is -0.201. The summed E-state index contributed by atoms with van der Waals surface area (Å²) in [6.45, 7) is 0. The summed E-state index contributed by atoms with van der Waals surface area (Å²) in [4.78, 5) is 5.63. The largest absolute Gasteiger partial charge is 0.323 e. The summed E-state index contributed by atoms with van der Waals surface area (Å²) in [6.07, 6.45) is 3.92. The molecule has 0 spiro atoms. The van der Waals surface area contributed by atoms with Gasteiger partial charge >= 0.3 is 0 Å². The summed E-state index contributed by atoms with van der Waals surface area (Å²) in [5.41, 5.74) is 8.94. The summed E-state index contributed by atoms with van der Waals surface area (Å²) in [7, 11) is 0. The first kappa shape index (κ1) is 12.9. The Labute approximate surface area is 126 Å². The molecule has 1 aromatic carbocycles. The van der Waals surface area contributed by atoms with Crippen molar-refractivity contribution in [1.82, 2.24) is 4.98 Å². The van der Waals surface area contributed by atoms with E-state index in [2.05, 4.69) is 11.1 Å². The van der Waals surface area contributed by atoms with Crippen LogP contribution >= 0.6 is 11.3 Å². The molecule has 0 saturated heterocycles. The zero-order valence-corrected chi connectivity index (χ0v) is 12.2. The summed E-state index contributed by atoms with van der Waals surface area (Å²) >= 11 is 1.66. The van der Waals surface area contributed by atoms with Gasteiger partial charge in [0.1, 0.15) is 5.82 Å². The maximum Gasteiger partial charge on any atom is 0.123 e. The van der Waals surface area contributed by atoms with Crippen molar-refractivity contribution in [3.63, 3.8) is 0 Å². The maximum atomic E-state index is 13.3. The highest BCUT2D eigenvalue weighted by Crippen LogP contribution is 2.42. The van der Waals surface area contributed by atoms with Gasteiger partial charge in [0, 0.05) is 33.4 Å². The van der Waals surface area contributed by atoms with Gasteiger partial charge in [-0.25, -0.2) is 4.39 Å². The van der Waals surface area contributed by atoms with Gasteiger partial charge in [-0.1, -0.05) is 6.07 Å². The van der Waals surface area contributed by atoms with E-state index in [0.29, 0.717) is 0 Å². The van der Waals surface area contributed by atoms with Crippen LogP contribution in [0.1, 0.15) is 34.5 Å². The van der Waals surface area contributed by atoms with Gasteiger partial charge in [0.25, 0.3) is 0 Å². The van der Waals surface area contributed by atoms with Gasteiger partial charge in [0.2, 0.25) is 0 Å². The normalized spacial score (nSPS) is 18.9. The third-order valence-electron chi connectivity index (χ3n) is 4.26. The van der Waals surface area contributed by atoms with Crippen molar-refractivity contribution in [2.24, 2.45) is 5.73 Å². The molecule has 0 aliphatic heterocycles. The van der Waals surface area contributed by atoms with E-state index < -0.39 is 0 Å². The Hall–Kier alpha value is -1.78. The fourth-order valence-corrected chi connectivity index (χ4v) is 4.30. The number of rotatable bonds is 2. The fourth-order valence-electron chi connectivity index (χ4n) is 3.19. The second kappa shape index (κ2) is 4.90. The molecule has 4 heteroatoms. The van der Waals surface area contributed by atoms with E-state index >= 15 is 0 Å². The van der Waals surface area contributed by atoms with Crippen LogP contribution in [0.4, 0.5) is 4.39 Å². The van der Waals surface area contributed by atoms with Crippen LogP contribution in [0.15, 0.2) is 42.6 Å². The van der Waals surface area contributed by atoms with Gasteiger partial charge in [-0.3, -0.25) is 4.98 Å². The van der Waals surface area contributed by atoms with Crippen molar-refractivity contribution in [3.05, 3.63) is 64.5 Å². The standard InChI is InChI=1S/C17H15FN2S/c18-12-4-6-14-11(8-12)9-15(21-14)16(19)13-5-3-10-2-1-7-20-17(10)13/h1-2,4,6-9,13,16H,3,5,19H2. The van der Waals surface area contributed by atoms with Gasteiger partial charge in [-0.15, -0.1) is 11.3 Å². The summed E-state index contributed by atoms with van der Waals surface area (Å²) in [6, 6.07) is 11.0. The molecule has 0 amide bonds. The molecule has 1 aliphatic carbocycles. The fraction of sp³-hybridized carbons (Fsp3) is 0.235. The van der Waals surface area contributed by atoms with Crippen LogP contribution in [0, 0.1) is 5.82 Å². The van der Waals surface area contributed by atoms with Gasteiger partial charge < -0.3 is 5.73 Å². The summed E-state index contributed by atoms with van der Waals surface area (Å²) < 4.78 is 14.4. The van der Waals surface area contributed by atoms with E-state index in [1.54, 1.807) is 17.4 Å². The van der Waals surface area contributed by atoms with Crippen LogP contribution in [0.25, 0.3) is 10.1 Å². The topological polar surface area (TPSA) is 38.9 Å². The van der Waals surface area contributed by atoms with E-state index in [9.17, 15) is 4.39 Å². The van der Waals surface area contributed by atoms with Crippen LogP contribution in [-0.2, 0) is 6.42 Å². The first-order chi connectivity index (χ1) is 10.2. The lowest BCUT2D eigenvalue weighted by Crippen LogP contribution is -2.17. The number of halogens is 1. The Morgan fingerprint density at radius 2 is 2.19 bits per heavy atom. The molecule has 0 saturated carbocycles. The highest BCUT2D eigenvalue weighted by atomic mass is 32.1. The smallest absolute Gasteiger partial charge is 0.123 e. The predicted molar refractivity (Wildman–Crippen MR) is 84.0 cm³/mol. The van der Waals surface area contributed by atoms with Crippen LogP contribution in [0.3, 0.4) is 0 Å². The van der Waals surface area contributed by atoms with Crippen molar-refractivity contribution < 1.29 is 4.39 Å². The zero-order chi connectivity index (χ0) is 14.4. The SMILES string of the molecule is NC(c1cc2cc(F)ccc2s1)C1CCc2cccnc21. The number of aromatic nitrogens is 1. The zero-order valence-electron chi connectivity index (χ0n) is 11.4. The van der Waals surface area contributed by atoms with Crippen molar-refractivity contribution in [2.45, 2.75) is 24.8 Å². The monoisotopic (exact) mass is 298 g/mol. The Balaban J connectivity index is 1.72. The number of fused-ring (bicyclic) bond motifs is 2. The molecule has 2 heterocycles. The molecule has 21 heavy (non-hydrogen) atoms. The van der Waals surface area contributed by atoms with Crippen LogP contribution in [0.5, 0.6) is 0 Å². The highest BCUT2D eigenvalue weighted by molar-refractivity contribution is 7.19. The van der Waals surface area contributed by atoms with Gasteiger partial charge in [-0.2, -0.15) is 0 Å². The number of benzene rings is 1. The third-order valence-corrected chi connectivity index (χ3v) is 5.48. The lowest BCUT2D eigenvalue weighted by molar-refractivity contribution is 0.548. The predicted octanol–water partition coefficient (Wildman–Crippen LogP) is 4.17. The molecule has 2 atom stereocenters. The van der Waals surface area contributed by atoms with E-state index in [0.717, 1.165) is 33.5 Å². The second-order valence-corrected chi connectivity index (χ2v) is 6.66. The first-order valence-electron chi connectivity index (χ1n) is 7.11. The first-order valence-corrected chi connectivity index (χ1v) is 7.92. The van der Waals surface area contributed by atoms with E-state index in [1.165, 1.54) is 11.6 Å². The molecular formula is C17H15FN2S. The molecule has 0 radical (unpaired) electrons. The quantitative estimate of drug-likeness (QED) is 0.771. The molecule has 3 aromatic rings. The number of pyridine rings is 1. The van der Waals surface area contributed by atoms with Crippen molar-refractivity contribution >= 4 is 21.4 Å². The minimum Gasteiger partial charge on any atom is -0.323 e. The summed E-state index contributed by atoms with van der Waals surface area (Å²) in [5, 5.41) is 0.935. The number of hydrogen-bond acceptors (Lipinski definition) is 3.